The highest BCUT2D eigenvalue weighted by Crippen LogP contribution is 2.28. The number of benzene rings is 2. The Balaban J connectivity index is 1.51. The molecule has 0 spiro atoms. The number of aromatic amines is 1. The van der Waals surface area contributed by atoms with Crippen LogP contribution in [-0.4, -0.2) is 38.7 Å². The summed E-state index contributed by atoms with van der Waals surface area (Å²) in [5.74, 6) is 0.952. The van der Waals surface area contributed by atoms with Crippen molar-refractivity contribution in [3.05, 3.63) is 82.5 Å². The average Bonchev–Trinajstić information content (AvgIpc) is 3.10. The van der Waals surface area contributed by atoms with Crippen LogP contribution >= 0.6 is 0 Å². The van der Waals surface area contributed by atoms with Gasteiger partial charge in [-0.15, -0.1) is 0 Å². The van der Waals surface area contributed by atoms with Gasteiger partial charge in [-0.25, -0.2) is 14.5 Å². The number of carbonyl (C=O) groups excluding carboxylic acids is 1. The molecule has 6 nitrogen and oxygen atoms in total. The van der Waals surface area contributed by atoms with E-state index >= 15 is 0 Å². The number of nitrogens with zero attached hydrogens (tertiary/aromatic N) is 3. The lowest BCUT2D eigenvalue weighted by Crippen LogP contribution is -2.38. The van der Waals surface area contributed by atoms with E-state index in [1.165, 1.54) is 0 Å². The van der Waals surface area contributed by atoms with Crippen LogP contribution in [0, 0.1) is 0 Å². The molecule has 0 radical (unpaired) electrons. The average molecular weight is 348 g/mol. The summed E-state index contributed by atoms with van der Waals surface area (Å²) in [4.78, 5) is 26.7. The summed E-state index contributed by atoms with van der Waals surface area (Å²) in [6.45, 7) is 1.32. The first-order valence-electron chi connectivity index (χ1n) is 8.81. The van der Waals surface area contributed by atoms with Gasteiger partial charge in [0.15, 0.2) is 0 Å². The highest BCUT2D eigenvalue weighted by molar-refractivity contribution is 5.94. The Hall–Kier alpha value is -3.15. The van der Waals surface area contributed by atoms with Crippen molar-refractivity contribution < 1.29 is 4.79 Å². The van der Waals surface area contributed by atoms with Crippen molar-refractivity contribution in [2.75, 3.05) is 13.1 Å². The number of amides is 1. The van der Waals surface area contributed by atoms with Gasteiger partial charge in [-0.05, 0) is 37.1 Å². The highest BCUT2D eigenvalue weighted by Gasteiger charge is 2.28. The van der Waals surface area contributed by atoms with Crippen LogP contribution in [0.3, 0.4) is 0 Å². The minimum Gasteiger partial charge on any atom is -0.339 e. The minimum absolute atomic E-state index is 0.0616. The molecule has 2 heterocycles. The third kappa shape index (κ3) is 3.06. The van der Waals surface area contributed by atoms with E-state index in [1.807, 2.05) is 65.6 Å². The molecule has 132 valence electrons. The predicted octanol–water partition coefficient (Wildman–Crippen LogP) is 2.58. The number of para-hydroxylation sites is 1. The Kier molecular flexibility index (Phi) is 4.39. The molecule has 3 aromatic rings. The lowest BCUT2D eigenvalue weighted by Gasteiger charge is -2.31. The second-order valence-electron chi connectivity index (χ2n) is 6.49. The lowest BCUT2D eigenvalue weighted by atomic mass is 9.95. The van der Waals surface area contributed by atoms with Crippen LogP contribution in [0.25, 0.3) is 5.69 Å². The van der Waals surface area contributed by atoms with E-state index < -0.39 is 0 Å². The van der Waals surface area contributed by atoms with Crippen LogP contribution in [0.5, 0.6) is 0 Å². The molecular weight excluding hydrogens is 328 g/mol. The van der Waals surface area contributed by atoms with E-state index in [2.05, 4.69) is 10.2 Å². The van der Waals surface area contributed by atoms with Gasteiger partial charge in [-0.3, -0.25) is 4.79 Å². The molecule has 0 saturated carbocycles. The molecule has 1 N–H and O–H groups in total. The summed E-state index contributed by atoms with van der Waals surface area (Å²) in [5.41, 5.74) is 1.30. The Morgan fingerprint density at radius 2 is 1.58 bits per heavy atom. The maximum absolute atomic E-state index is 12.6. The molecule has 6 heteroatoms. The summed E-state index contributed by atoms with van der Waals surface area (Å²) in [6, 6.07) is 18.9. The molecular formula is C20H20N4O2. The smallest absolute Gasteiger partial charge is 0.339 e. The van der Waals surface area contributed by atoms with Gasteiger partial charge < -0.3 is 4.90 Å². The SMILES string of the molecule is O=C(c1ccccc1)N1CCC(c2n[nH]c(=O)n2-c2ccccc2)CC1. The minimum atomic E-state index is -0.228. The molecule has 1 aliphatic rings. The molecule has 0 bridgehead atoms. The van der Waals surface area contributed by atoms with Gasteiger partial charge in [-0.1, -0.05) is 36.4 Å². The Morgan fingerprint density at radius 3 is 2.23 bits per heavy atom. The normalized spacial score (nSPS) is 15.2. The van der Waals surface area contributed by atoms with Gasteiger partial charge in [0.05, 0.1) is 5.69 Å². The van der Waals surface area contributed by atoms with Crippen molar-refractivity contribution in [1.82, 2.24) is 19.7 Å². The first-order valence-corrected chi connectivity index (χ1v) is 8.81. The third-order valence-corrected chi connectivity index (χ3v) is 4.88. The highest BCUT2D eigenvalue weighted by atomic mass is 16.2. The number of H-pyrrole nitrogens is 1. The van der Waals surface area contributed by atoms with Gasteiger partial charge in [-0.2, -0.15) is 5.10 Å². The van der Waals surface area contributed by atoms with E-state index in [0.29, 0.717) is 18.7 Å². The third-order valence-electron chi connectivity index (χ3n) is 4.88. The predicted molar refractivity (Wildman–Crippen MR) is 98.5 cm³/mol. The maximum Gasteiger partial charge on any atom is 0.347 e. The van der Waals surface area contributed by atoms with E-state index in [0.717, 1.165) is 24.4 Å². The van der Waals surface area contributed by atoms with Crippen LogP contribution in [-0.2, 0) is 0 Å². The van der Waals surface area contributed by atoms with Crippen molar-refractivity contribution in [2.45, 2.75) is 18.8 Å². The number of hydrogen-bond donors (Lipinski definition) is 1. The molecule has 2 aromatic carbocycles. The van der Waals surface area contributed by atoms with Crippen LogP contribution < -0.4 is 5.69 Å². The standard InChI is InChI=1S/C20H20N4O2/c25-19(16-7-3-1-4-8-16)23-13-11-15(12-14-23)18-21-22-20(26)24(18)17-9-5-2-6-10-17/h1-10,15H,11-14H2,(H,22,26). The molecule has 0 atom stereocenters. The van der Waals surface area contributed by atoms with Gasteiger partial charge >= 0.3 is 5.69 Å². The van der Waals surface area contributed by atoms with Crippen molar-refractivity contribution >= 4 is 5.91 Å². The van der Waals surface area contributed by atoms with E-state index in [1.54, 1.807) is 4.57 Å². The number of nitrogens with one attached hydrogen (secondary N) is 1. The summed E-state index contributed by atoms with van der Waals surface area (Å²) < 4.78 is 1.64. The molecule has 1 fully saturated rings. The van der Waals surface area contributed by atoms with Crippen LogP contribution in [0.4, 0.5) is 0 Å². The zero-order valence-corrected chi connectivity index (χ0v) is 14.3. The molecule has 0 aliphatic carbocycles. The van der Waals surface area contributed by atoms with Crippen LogP contribution in [0.1, 0.15) is 34.9 Å². The monoisotopic (exact) mass is 348 g/mol. The quantitative estimate of drug-likeness (QED) is 0.791. The zero-order valence-electron chi connectivity index (χ0n) is 14.3. The van der Waals surface area contributed by atoms with Gasteiger partial charge in [0.25, 0.3) is 5.91 Å². The first-order chi connectivity index (χ1) is 12.7. The molecule has 1 amide bonds. The van der Waals surface area contributed by atoms with E-state index in [-0.39, 0.29) is 17.5 Å². The Morgan fingerprint density at radius 1 is 0.962 bits per heavy atom. The van der Waals surface area contributed by atoms with Crippen LogP contribution in [0.2, 0.25) is 0 Å². The van der Waals surface area contributed by atoms with Crippen molar-refractivity contribution in [3.8, 4) is 5.69 Å². The van der Waals surface area contributed by atoms with E-state index in [4.69, 9.17) is 0 Å². The topological polar surface area (TPSA) is 71.0 Å². The molecule has 4 rings (SSSR count). The van der Waals surface area contributed by atoms with Crippen molar-refractivity contribution in [1.29, 1.82) is 0 Å². The summed E-state index contributed by atoms with van der Waals surface area (Å²) in [5, 5.41) is 6.84. The Bertz CT molecular complexity index is 939. The lowest BCUT2D eigenvalue weighted by molar-refractivity contribution is 0.0710. The van der Waals surface area contributed by atoms with Gasteiger partial charge in [0.2, 0.25) is 0 Å². The van der Waals surface area contributed by atoms with Gasteiger partial charge in [0, 0.05) is 24.6 Å². The van der Waals surface area contributed by atoms with Crippen molar-refractivity contribution in [2.24, 2.45) is 0 Å². The summed E-state index contributed by atoms with van der Waals surface area (Å²) in [6.07, 6.45) is 1.57. The maximum atomic E-state index is 12.6. The Labute approximate surface area is 151 Å². The molecule has 1 aliphatic heterocycles. The fourth-order valence-corrected chi connectivity index (χ4v) is 3.51. The fraction of sp³-hybridized carbons (Fsp3) is 0.250. The number of hydrogen-bond acceptors (Lipinski definition) is 3. The molecule has 0 unspecified atom stereocenters. The summed E-state index contributed by atoms with van der Waals surface area (Å²) >= 11 is 0. The summed E-state index contributed by atoms with van der Waals surface area (Å²) in [7, 11) is 0. The number of aromatic nitrogens is 3. The zero-order chi connectivity index (χ0) is 17.9. The number of piperidine rings is 1. The molecule has 1 saturated heterocycles. The second-order valence-corrected chi connectivity index (χ2v) is 6.49. The number of carbonyl (C=O) groups is 1. The number of rotatable bonds is 3. The van der Waals surface area contributed by atoms with Crippen molar-refractivity contribution in [3.63, 3.8) is 0 Å². The fourth-order valence-electron chi connectivity index (χ4n) is 3.51. The van der Waals surface area contributed by atoms with E-state index in [9.17, 15) is 9.59 Å². The first kappa shape index (κ1) is 16.3. The van der Waals surface area contributed by atoms with Crippen LogP contribution in [0.15, 0.2) is 65.5 Å². The molecule has 26 heavy (non-hydrogen) atoms. The number of likely N-dealkylation sites (tertiary alicyclic amines) is 1. The largest absolute Gasteiger partial charge is 0.347 e. The van der Waals surface area contributed by atoms with Gasteiger partial charge in [0.1, 0.15) is 5.82 Å². The molecule has 1 aromatic heterocycles. The second kappa shape index (κ2) is 7.00.